The molecule has 0 radical (unpaired) electrons. The lowest BCUT2D eigenvalue weighted by Gasteiger charge is -2.66. The van der Waals surface area contributed by atoms with Crippen LogP contribution < -0.4 is 0 Å². The fraction of sp³-hybridized carbons (Fsp3) is 0.604. The van der Waals surface area contributed by atoms with Gasteiger partial charge in [-0.25, -0.2) is 22.0 Å². The number of hydrogen-bond acceptors (Lipinski definition) is 6. The van der Waals surface area contributed by atoms with Crippen LogP contribution in [0.3, 0.4) is 0 Å². The highest BCUT2D eigenvalue weighted by atomic mass is 79.9. The first kappa shape index (κ1) is 92.8. The lowest BCUT2D eigenvalue weighted by Crippen LogP contribution is -2.61. The van der Waals surface area contributed by atoms with Crippen LogP contribution in [0.25, 0.3) is 0 Å². The Bertz CT molecular complexity index is 4820. The van der Waals surface area contributed by atoms with Gasteiger partial charge in [-0.15, -0.1) is 0 Å². The summed E-state index contributed by atoms with van der Waals surface area (Å²) in [4.78, 5) is 69.5. The lowest BCUT2D eigenvalue weighted by atomic mass is 9.37. The zero-order chi connectivity index (χ0) is 91.1. The van der Waals surface area contributed by atoms with Crippen LogP contribution in [0.4, 0.5) is 22.0 Å². The summed E-state index contributed by atoms with van der Waals surface area (Å²) in [7, 11) is 0. The summed E-state index contributed by atoms with van der Waals surface area (Å²) in [6, 6.07) is 43.6. The van der Waals surface area contributed by atoms with Crippen molar-refractivity contribution >= 4 is 51.7 Å². The van der Waals surface area contributed by atoms with Crippen molar-refractivity contribution in [2.24, 2.45) is 123 Å². The number of carboxylic acid groups (broad SMARTS) is 6. The third kappa shape index (κ3) is 17.5. The smallest absolute Gasteiger partial charge is 0.304 e. The van der Waals surface area contributed by atoms with E-state index in [1.54, 1.807) is 0 Å². The first-order valence-electron chi connectivity index (χ1n) is 49.0. The van der Waals surface area contributed by atoms with Gasteiger partial charge in [0.15, 0.2) is 0 Å². The topological polar surface area (TPSA) is 224 Å². The van der Waals surface area contributed by atoms with Crippen LogP contribution in [0, 0.1) is 152 Å². The molecule has 18 heteroatoms. The fourth-order valence-electron chi connectivity index (χ4n) is 34.0. The number of alkyl halides is 1. The van der Waals surface area contributed by atoms with Gasteiger partial charge >= 0.3 is 35.8 Å². The summed E-state index contributed by atoms with van der Waals surface area (Å²) >= 11 is 3.95. The number of fused-ring (bicyclic) bond motifs is 4. The van der Waals surface area contributed by atoms with Crippen molar-refractivity contribution in [1.82, 2.24) is 0 Å². The molecule has 129 heavy (non-hydrogen) atoms. The maximum atomic E-state index is 13.4. The Kier molecular flexibility index (Phi) is 26.2. The zero-order valence-electron chi connectivity index (χ0n) is 75.6. The Labute approximate surface area is 767 Å². The van der Waals surface area contributed by atoms with Crippen LogP contribution in [0.15, 0.2) is 164 Å². The minimum Gasteiger partial charge on any atom is -0.481 e. The molecule has 0 aliphatic heterocycles. The normalized spacial score (nSPS) is 38.6. The number of allylic oxidation sites excluding steroid dienone is 1. The number of halogens is 6. The molecular weight excluding hydrogens is 1700 g/mol. The molecule has 20 fully saturated rings. The molecule has 20 aliphatic carbocycles. The molecule has 20 saturated carbocycles. The molecular formula is C111H134BrF5O12. The predicted octanol–water partition coefficient (Wildman–Crippen LogP) is 26.1. The molecule has 692 valence electrons. The van der Waals surface area contributed by atoms with Crippen LogP contribution in [0.2, 0.25) is 0 Å². The van der Waals surface area contributed by atoms with Crippen molar-refractivity contribution in [2.75, 3.05) is 0 Å². The van der Waals surface area contributed by atoms with Crippen molar-refractivity contribution in [3.05, 3.63) is 226 Å². The van der Waals surface area contributed by atoms with Gasteiger partial charge in [0.2, 0.25) is 0 Å². The Morgan fingerprint density at radius 2 is 0.574 bits per heavy atom. The van der Waals surface area contributed by atoms with Crippen LogP contribution in [-0.2, 0) is 62.3 Å². The van der Waals surface area contributed by atoms with Gasteiger partial charge in [0.1, 0.15) is 29.1 Å². The van der Waals surface area contributed by atoms with Gasteiger partial charge in [0, 0.05) is 31.4 Å². The third-order valence-electron chi connectivity index (χ3n) is 38.6. The number of hydrogen-bond donors (Lipinski definition) is 6. The minimum absolute atomic E-state index is 0.0175. The zero-order valence-corrected chi connectivity index (χ0v) is 77.2. The van der Waals surface area contributed by atoms with Gasteiger partial charge in [-0.1, -0.05) is 166 Å². The molecule has 6 aromatic rings. The molecule has 26 rings (SSSR count). The average molecular weight is 1840 g/mol. The second kappa shape index (κ2) is 36.4. The Morgan fingerprint density at radius 1 is 0.310 bits per heavy atom. The van der Waals surface area contributed by atoms with Crippen LogP contribution in [-0.4, -0.2) is 70.8 Å². The average Bonchev–Trinajstić information content (AvgIpc) is 0.607. The van der Waals surface area contributed by atoms with Crippen molar-refractivity contribution in [1.29, 1.82) is 0 Å². The van der Waals surface area contributed by atoms with Gasteiger partial charge in [-0.05, 0) is 390 Å². The molecule has 6 aromatic carbocycles. The number of benzene rings is 6. The van der Waals surface area contributed by atoms with E-state index in [9.17, 15) is 81.4 Å². The molecule has 6 N–H and O–H groups in total. The van der Waals surface area contributed by atoms with E-state index in [1.807, 2.05) is 66.7 Å². The first-order valence-corrected chi connectivity index (χ1v) is 49.8. The van der Waals surface area contributed by atoms with Gasteiger partial charge in [-0.2, -0.15) is 0 Å². The Balaban J connectivity index is 0.000000109. The maximum Gasteiger partial charge on any atom is 0.304 e. The lowest BCUT2D eigenvalue weighted by molar-refractivity contribution is -0.158. The van der Waals surface area contributed by atoms with E-state index in [4.69, 9.17) is 0 Å². The van der Waals surface area contributed by atoms with Gasteiger partial charge in [0.05, 0.1) is 38.5 Å². The monoisotopic (exact) mass is 1830 g/mol. The second-order valence-electron chi connectivity index (χ2n) is 45.1. The number of rotatable bonds is 19. The third-order valence-corrected chi connectivity index (χ3v) is 39.6. The van der Waals surface area contributed by atoms with E-state index in [2.05, 4.69) is 67.5 Å². The molecule has 0 aromatic heterocycles. The quantitative estimate of drug-likeness (QED) is 0.0253. The maximum absolute atomic E-state index is 13.4. The molecule has 0 heterocycles. The van der Waals surface area contributed by atoms with E-state index >= 15 is 0 Å². The largest absolute Gasteiger partial charge is 0.481 e. The Hall–Kier alpha value is -7.99. The van der Waals surface area contributed by atoms with Crippen LogP contribution in [0.1, 0.15) is 285 Å². The van der Waals surface area contributed by atoms with E-state index in [0.717, 1.165) is 174 Å². The van der Waals surface area contributed by atoms with Crippen molar-refractivity contribution in [2.45, 2.75) is 290 Å². The van der Waals surface area contributed by atoms with Crippen LogP contribution >= 0.6 is 15.9 Å². The predicted molar refractivity (Wildman–Crippen MR) is 491 cm³/mol. The second-order valence-corrected chi connectivity index (χ2v) is 46.8. The molecule has 0 spiro atoms. The molecule has 4 atom stereocenters. The number of carbonyl (C=O) groups is 6. The van der Waals surface area contributed by atoms with Crippen molar-refractivity contribution < 1.29 is 81.4 Å². The molecule has 20 bridgehead atoms. The molecule has 0 amide bonds. The molecule has 4 unspecified atom stereocenters. The van der Waals surface area contributed by atoms with E-state index < -0.39 is 35.8 Å². The molecule has 20 aliphatic rings. The van der Waals surface area contributed by atoms with E-state index in [1.165, 1.54) is 136 Å². The number of carboxylic acids is 6. The SMILES string of the molecule is C=C1C2CC3CC1CC(C2)C3(CC(=O)O)c1ccc(F)cc1.CC1(C)C2CC3CC1CC(C2)C3(CC(=O)O)c1ccc(F)cc1.CC12CC3CC(C1)C(CC(=O)O)(c1ccc(F)cc1)C(C3)C2.O=C(O)CC1(Cc2ccccc2)C2CCCC1CCC2.O=C(O)CC1(c2ccc(F)cc2)C2CC3CC1CC(Br)(C3)C2.O=C(O)CC1(c2ccc(F)cc2)C2CCCC1CCC2. The van der Waals surface area contributed by atoms with Crippen LogP contribution in [0.5, 0.6) is 0 Å². The fourth-order valence-corrected chi connectivity index (χ4v) is 35.2. The van der Waals surface area contributed by atoms with Crippen molar-refractivity contribution in [3.8, 4) is 0 Å². The molecule has 12 nitrogen and oxygen atoms in total. The van der Waals surface area contributed by atoms with E-state index in [0.29, 0.717) is 112 Å². The highest BCUT2D eigenvalue weighted by Crippen LogP contribution is 2.73. The summed E-state index contributed by atoms with van der Waals surface area (Å²) in [6.45, 7) is 11.5. The Morgan fingerprint density at radius 3 is 0.860 bits per heavy atom. The summed E-state index contributed by atoms with van der Waals surface area (Å²) in [5, 5.41) is 57.2. The van der Waals surface area contributed by atoms with Gasteiger partial charge in [-0.3, -0.25) is 28.8 Å². The minimum atomic E-state index is -0.740. The highest BCUT2D eigenvalue weighted by molar-refractivity contribution is 9.10. The highest BCUT2D eigenvalue weighted by Gasteiger charge is 2.67. The number of aliphatic carboxylic acids is 6. The summed E-state index contributed by atoms with van der Waals surface area (Å²) in [5.41, 5.74) is 7.25. The van der Waals surface area contributed by atoms with E-state index in [-0.39, 0.29) is 98.0 Å². The van der Waals surface area contributed by atoms with Gasteiger partial charge in [0.25, 0.3) is 0 Å². The summed E-state index contributed by atoms with van der Waals surface area (Å²) < 4.78 is 66.8. The summed E-state index contributed by atoms with van der Waals surface area (Å²) in [6.07, 6.45) is 36.8. The van der Waals surface area contributed by atoms with Crippen molar-refractivity contribution in [3.63, 3.8) is 0 Å². The first-order chi connectivity index (χ1) is 61.5. The summed E-state index contributed by atoms with van der Waals surface area (Å²) in [5.74, 6) is 3.96. The van der Waals surface area contributed by atoms with Gasteiger partial charge < -0.3 is 30.6 Å². The standard InChI is InChI=1S/C20H25FO2.C19H23FO2.C19H21FO2.C18H20BrFO2.C18H24O2.C17H21FO2/c1-19(2)13-7-15-9-14(19)10-16(8-13)20(15,11-18(22)23)12-3-5-17(21)6-4-12;1-18-8-12-6-14(9-18)19(11-17(21)22,15(7-12)10-18)13-2-4-16(20)5-3-13;1-11-12-6-15-8-13(11)9-16(7-12)19(15,10-18(21)22)14-2-4-17(20)5-3-14;19-17-7-11-5-13(8-17)18(10-16(21)22,14(6-11)9-17)12-1-3-15(20)4-2-12;19-17(20)13-18(12-14-6-2-1-3-7-14)15-8-4-9-16(18)11-5-10-15;18-15-9-7-14(8-10-15)17(11-16(19)20)12-3-1-4-13(17)6-2-5-12/h3-6,13-16H,7-11H2,1-2H3,(H,22,23);2-5,12,14-15H,6-11H2,1H3,(H,21,22);2-5,12-13,15-16H,1,6-10H2,(H,21,22);1-4,11,13-14H,5-10H2,(H,21,22);1-3,6-7,15-16H,4-5,8-13H2,(H,19,20);7-10,12-13H,1-6,11H2,(H,19,20). The molecule has 0 saturated heterocycles.